The van der Waals surface area contributed by atoms with E-state index in [9.17, 15) is 0 Å². The van der Waals surface area contributed by atoms with Gasteiger partial charge in [-0.3, -0.25) is 0 Å². The second-order valence-corrected chi connectivity index (χ2v) is 6.83. The van der Waals surface area contributed by atoms with Crippen LogP contribution in [0.15, 0.2) is 0 Å². The molecule has 0 aromatic heterocycles. The standard InChI is InChI=1S/C18H39N3/c1-4-20(5-2)14-10-15-21(6-3)16-13-18(17-19)11-8-7-9-12-18/h4-17,19H2,1-3H3. The van der Waals surface area contributed by atoms with Crippen LogP contribution in [0.2, 0.25) is 0 Å². The van der Waals surface area contributed by atoms with Gasteiger partial charge in [0.15, 0.2) is 0 Å². The summed E-state index contributed by atoms with van der Waals surface area (Å²) in [7, 11) is 0. The quantitative estimate of drug-likeness (QED) is 0.635. The zero-order valence-corrected chi connectivity index (χ0v) is 14.9. The molecule has 3 heteroatoms. The predicted molar refractivity (Wildman–Crippen MR) is 93.7 cm³/mol. The Bertz CT molecular complexity index is 245. The first kappa shape index (κ1) is 18.9. The van der Waals surface area contributed by atoms with E-state index < -0.39 is 0 Å². The maximum absolute atomic E-state index is 6.12. The maximum atomic E-state index is 6.12. The summed E-state index contributed by atoms with van der Waals surface area (Å²) >= 11 is 0. The van der Waals surface area contributed by atoms with Gasteiger partial charge in [-0.15, -0.1) is 0 Å². The number of rotatable bonds is 11. The summed E-state index contributed by atoms with van der Waals surface area (Å²) in [6.45, 7) is 15.0. The van der Waals surface area contributed by atoms with Crippen molar-refractivity contribution in [3.05, 3.63) is 0 Å². The Kier molecular flexibility index (Phi) is 9.54. The fourth-order valence-corrected chi connectivity index (χ4v) is 3.74. The Hall–Kier alpha value is -0.120. The highest BCUT2D eigenvalue weighted by atomic mass is 15.1. The first-order valence-electron chi connectivity index (χ1n) is 9.34. The van der Waals surface area contributed by atoms with Crippen molar-refractivity contribution in [2.75, 3.05) is 45.8 Å². The average molecular weight is 298 g/mol. The van der Waals surface area contributed by atoms with Crippen LogP contribution in [0.5, 0.6) is 0 Å². The summed E-state index contributed by atoms with van der Waals surface area (Å²) < 4.78 is 0. The molecule has 0 spiro atoms. The van der Waals surface area contributed by atoms with Crippen molar-refractivity contribution < 1.29 is 0 Å². The topological polar surface area (TPSA) is 32.5 Å². The van der Waals surface area contributed by atoms with E-state index in [0.29, 0.717) is 5.41 Å². The first-order chi connectivity index (χ1) is 10.2. The monoisotopic (exact) mass is 297 g/mol. The molecular formula is C18H39N3. The highest BCUT2D eigenvalue weighted by Gasteiger charge is 2.30. The van der Waals surface area contributed by atoms with Crippen molar-refractivity contribution >= 4 is 0 Å². The molecule has 1 aliphatic rings. The Morgan fingerprint density at radius 3 is 1.90 bits per heavy atom. The smallest absolute Gasteiger partial charge is 0.000666 e. The summed E-state index contributed by atoms with van der Waals surface area (Å²) in [5.74, 6) is 0. The molecule has 126 valence electrons. The molecule has 0 atom stereocenters. The number of hydrogen-bond acceptors (Lipinski definition) is 3. The SMILES string of the molecule is CCN(CC)CCCN(CC)CCC1(CN)CCCCC1. The van der Waals surface area contributed by atoms with Crippen molar-refractivity contribution in [3.63, 3.8) is 0 Å². The van der Waals surface area contributed by atoms with Gasteiger partial charge in [-0.25, -0.2) is 0 Å². The van der Waals surface area contributed by atoms with Gasteiger partial charge in [0.2, 0.25) is 0 Å². The van der Waals surface area contributed by atoms with E-state index in [-0.39, 0.29) is 0 Å². The molecule has 2 N–H and O–H groups in total. The fourth-order valence-electron chi connectivity index (χ4n) is 3.74. The van der Waals surface area contributed by atoms with Crippen LogP contribution < -0.4 is 5.73 Å². The van der Waals surface area contributed by atoms with Crippen molar-refractivity contribution in [2.24, 2.45) is 11.1 Å². The van der Waals surface area contributed by atoms with E-state index in [1.165, 1.54) is 84.2 Å². The Morgan fingerprint density at radius 1 is 0.810 bits per heavy atom. The van der Waals surface area contributed by atoms with Gasteiger partial charge in [-0.05, 0) is 76.9 Å². The van der Waals surface area contributed by atoms with Crippen LogP contribution in [0.3, 0.4) is 0 Å². The molecular weight excluding hydrogens is 258 g/mol. The molecule has 1 fully saturated rings. The Morgan fingerprint density at radius 2 is 1.38 bits per heavy atom. The maximum Gasteiger partial charge on any atom is -0.000666 e. The lowest BCUT2D eigenvalue weighted by Crippen LogP contribution is -2.38. The van der Waals surface area contributed by atoms with Crippen molar-refractivity contribution in [2.45, 2.75) is 65.7 Å². The predicted octanol–water partition coefficient (Wildman–Crippen LogP) is 3.34. The summed E-state index contributed by atoms with van der Waals surface area (Å²) in [6.07, 6.45) is 9.54. The van der Waals surface area contributed by atoms with Crippen LogP contribution in [-0.2, 0) is 0 Å². The molecule has 1 aliphatic carbocycles. The van der Waals surface area contributed by atoms with Gasteiger partial charge in [0.1, 0.15) is 0 Å². The third-order valence-electron chi connectivity index (χ3n) is 5.60. The highest BCUT2D eigenvalue weighted by molar-refractivity contribution is 4.84. The molecule has 0 aliphatic heterocycles. The van der Waals surface area contributed by atoms with Crippen LogP contribution in [0.4, 0.5) is 0 Å². The zero-order chi connectivity index (χ0) is 15.6. The molecule has 3 nitrogen and oxygen atoms in total. The van der Waals surface area contributed by atoms with Gasteiger partial charge in [-0.2, -0.15) is 0 Å². The molecule has 0 heterocycles. The van der Waals surface area contributed by atoms with Crippen LogP contribution >= 0.6 is 0 Å². The fraction of sp³-hybridized carbons (Fsp3) is 1.00. The summed E-state index contributed by atoms with van der Waals surface area (Å²) in [4.78, 5) is 5.16. The minimum atomic E-state index is 0.463. The third kappa shape index (κ3) is 6.66. The number of hydrogen-bond donors (Lipinski definition) is 1. The van der Waals surface area contributed by atoms with Gasteiger partial charge in [0.05, 0.1) is 0 Å². The number of nitrogens with two attached hydrogens (primary N) is 1. The van der Waals surface area contributed by atoms with Gasteiger partial charge >= 0.3 is 0 Å². The molecule has 0 radical (unpaired) electrons. The van der Waals surface area contributed by atoms with Crippen molar-refractivity contribution in [1.82, 2.24) is 9.80 Å². The van der Waals surface area contributed by atoms with Gasteiger partial charge in [0.25, 0.3) is 0 Å². The lowest BCUT2D eigenvalue weighted by Gasteiger charge is -2.38. The molecule has 0 unspecified atom stereocenters. The molecule has 1 saturated carbocycles. The molecule has 0 aromatic carbocycles. The second kappa shape index (κ2) is 10.6. The van der Waals surface area contributed by atoms with E-state index in [4.69, 9.17) is 5.73 Å². The van der Waals surface area contributed by atoms with E-state index in [0.717, 1.165) is 6.54 Å². The van der Waals surface area contributed by atoms with Crippen molar-refractivity contribution in [1.29, 1.82) is 0 Å². The van der Waals surface area contributed by atoms with E-state index in [2.05, 4.69) is 30.6 Å². The number of nitrogens with zero attached hydrogens (tertiary/aromatic N) is 2. The highest BCUT2D eigenvalue weighted by Crippen LogP contribution is 2.38. The van der Waals surface area contributed by atoms with E-state index in [1.807, 2.05) is 0 Å². The van der Waals surface area contributed by atoms with Crippen LogP contribution in [0, 0.1) is 5.41 Å². The van der Waals surface area contributed by atoms with Crippen LogP contribution in [0.1, 0.15) is 65.7 Å². The molecule has 0 amide bonds. The average Bonchev–Trinajstić information content (AvgIpc) is 2.55. The first-order valence-corrected chi connectivity index (χ1v) is 9.34. The Balaban J connectivity index is 2.29. The molecule has 1 rings (SSSR count). The molecule has 0 aromatic rings. The van der Waals surface area contributed by atoms with Gasteiger partial charge in [0, 0.05) is 0 Å². The molecule has 0 saturated heterocycles. The lowest BCUT2D eigenvalue weighted by atomic mass is 9.72. The molecule has 21 heavy (non-hydrogen) atoms. The zero-order valence-electron chi connectivity index (χ0n) is 14.9. The minimum Gasteiger partial charge on any atom is -0.330 e. The van der Waals surface area contributed by atoms with E-state index in [1.54, 1.807) is 0 Å². The normalized spacial score (nSPS) is 18.6. The molecule has 0 bridgehead atoms. The van der Waals surface area contributed by atoms with E-state index >= 15 is 0 Å². The second-order valence-electron chi connectivity index (χ2n) is 6.83. The third-order valence-corrected chi connectivity index (χ3v) is 5.60. The summed E-state index contributed by atoms with van der Waals surface area (Å²) in [5, 5.41) is 0. The Labute approximate surface area is 133 Å². The largest absolute Gasteiger partial charge is 0.330 e. The van der Waals surface area contributed by atoms with Crippen molar-refractivity contribution in [3.8, 4) is 0 Å². The van der Waals surface area contributed by atoms with Crippen LogP contribution in [-0.4, -0.2) is 55.6 Å². The lowest BCUT2D eigenvalue weighted by molar-refractivity contribution is 0.145. The summed E-state index contributed by atoms with van der Waals surface area (Å²) in [5.41, 5.74) is 6.58. The van der Waals surface area contributed by atoms with Crippen LogP contribution in [0.25, 0.3) is 0 Å². The van der Waals surface area contributed by atoms with Gasteiger partial charge in [-0.1, -0.05) is 40.0 Å². The minimum absolute atomic E-state index is 0.463. The van der Waals surface area contributed by atoms with Gasteiger partial charge < -0.3 is 15.5 Å². The summed E-state index contributed by atoms with van der Waals surface area (Å²) in [6, 6.07) is 0.